The molecule has 0 radical (unpaired) electrons. The van der Waals surface area contributed by atoms with Gasteiger partial charge in [-0.1, -0.05) is 13.8 Å². The highest BCUT2D eigenvalue weighted by Crippen LogP contribution is 2.45. The van der Waals surface area contributed by atoms with Crippen LogP contribution in [0.2, 0.25) is 0 Å². The van der Waals surface area contributed by atoms with Crippen LogP contribution in [0.4, 0.5) is 0 Å². The van der Waals surface area contributed by atoms with Crippen molar-refractivity contribution in [2.45, 2.75) is 26.3 Å². The minimum Gasteiger partial charge on any atom is -0.472 e. The Bertz CT molecular complexity index is 630. The minimum atomic E-state index is -0.117. The van der Waals surface area contributed by atoms with Crippen molar-refractivity contribution in [3.8, 4) is 11.3 Å². The third-order valence-corrected chi connectivity index (χ3v) is 4.75. The Balaban J connectivity index is 1.75. The summed E-state index contributed by atoms with van der Waals surface area (Å²) in [5, 5.41) is 9.91. The van der Waals surface area contributed by atoms with Crippen molar-refractivity contribution in [1.29, 1.82) is 0 Å². The molecule has 2 aromatic rings. The molecule has 4 N–H and O–H groups in total. The second-order valence-electron chi connectivity index (χ2n) is 6.19. The zero-order chi connectivity index (χ0) is 15.0. The lowest BCUT2D eigenvalue weighted by Crippen LogP contribution is -2.60. The van der Waals surface area contributed by atoms with Gasteiger partial charge in [0, 0.05) is 11.6 Å². The van der Waals surface area contributed by atoms with E-state index >= 15 is 0 Å². The van der Waals surface area contributed by atoms with E-state index < -0.39 is 0 Å². The van der Waals surface area contributed by atoms with Crippen LogP contribution in [0, 0.1) is 11.3 Å². The van der Waals surface area contributed by atoms with Crippen LogP contribution < -0.4 is 11.1 Å². The summed E-state index contributed by atoms with van der Waals surface area (Å²) in [6, 6.07) is 1.94. The van der Waals surface area contributed by atoms with Gasteiger partial charge in [-0.15, -0.1) is 0 Å². The number of carbonyl (C=O) groups is 1. The first-order valence-electron chi connectivity index (χ1n) is 7.11. The molecule has 2 atom stereocenters. The van der Waals surface area contributed by atoms with Gasteiger partial charge in [-0.05, 0) is 30.4 Å². The van der Waals surface area contributed by atoms with Crippen LogP contribution >= 0.6 is 0 Å². The summed E-state index contributed by atoms with van der Waals surface area (Å²) in [5.74, 6) is 0.342. The highest BCUT2D eigenvalue weighted by atomic mass is 16.3. The molecule has 2 heterocycles. The molecular weight excluding hydrogens is 268 g/mol. The number of aromatic amines is 1. The molecule has 2 unspecified atom stereocenters. The van der Waals surface area contributed by atoms with E-state index in [1.54, 1.807) is 24.8 Å². The van der Waals surface area contributed by atoms with Gasteiger partial charge in [0.1, 0.15) is 0 Å². The van der Waals surface area contributed by atoms with Crippen molar-refractivity contribution in [3.63, 3.8) is 0 Å². The summed E-state index contributed by atoms with van der Waals surface area (Å²) in [6.07, 6.45) is 5.62. The number of hydrogen-bond acceptors (Lipinski definition) is 4. The van der Waals surface area contributed by atoms with Gasteiger partial charge in [-0.25, -0.2) is 0 Å². The van der Waals surface area contributed by atoms with Gasteiger partial charge in [-0.2, -0.15) is 5.10 Å². The number of rotatable bonds is 4. The quantitative estimate of drug-likeness (QED) is 0.798. The molecule has 1 aliphatic rings. The van der Waals surface area contributed by atoms with Crippen molar-refractivity contribution in [2.24, 2.45) is 17.1 Å². The van der Waals surface area contributed by atoms with Crippen LogP contribution in [-0.4, -0.2) is 28.7 Å². The molecule has 1 aliphatic carbocycles. The van der Waals surface area contributed by atoms with E-state index in [9.17, 15) is 4.79 Å². The monoisotopic (exact) mass is 288 g/mol. The molecule has 6 nitrogen and oxygen atoms in total. The average molecular weight is 288 g/mol. The summed E-state index contributed by atoms with van der Waals surface area (Å²) in [6.45, 7) is 4.95. The van der Waals surface area contributed by atoms with E-state index in [-0.39, 0.29) is 17.4 Å². The molecule has 1 fully saturated rings. The molecule has 0 aromatic carbocycles. The number of hydrogen-bond donors (Lipinski definition) is 3. The smallest absolute Gasteiger partial charge is 0.255 e. The zero-order valence-corrected chi connectivity index (χ0v) is 12.2. The second-order valence-corrected chi connectivity index (χ2v) is 6.19. The summed E-state index contributed by atoms with van der Waals surface area (Å²) in [4.78, 5) is 12.5. The lowest BCUT2D eigenvalue weighted by Gasteiger charge is -2.52. The first kappa shape index (κ1) is 13.9. The third kappa shape index (κ3) is 2.25. The first-order chi connectivity index (χ1) is 10.0. The minimum absolute atomic E-state index is 0.0317. The predicted octanol–water partition coefficient (Wildman–Crippen LogP) is 1.77. The highest BCUT2D eigenvalue weighted by Gasteiger charge is 2.47. The maximum absolute atomic E-state index is 12.5. The fourth-order valence-corrected chi connectivity index (χ4v) is 2.98. The van der Waals surface area contributed by atoms with Gasteiger partial charge in [-0.3, -0.25) is 9.89 Å². The number of H-pyrrole nitrogens is 1. The van der Waals surface area contributed by atoms with Crippen molar-refractivity contribution in [2.75, 3.05) is 6.54 Å². The standard InChI is InChI=1S/C15H20N4O2/c1-15(2)10(6-16)5-12(15)18-14(20)11-7-17-19-13(11)9-3-4-21-8-9/h3-4,7-8,10,12H,5-6,16H2,1-2H3,(H,17,19)(H,18,20). The lowest BCUT2D eigenvalue weighted by molar-refractivity contribution is 0.0200. The van der Waals surface area contributed by atoms with Gasteiger partial charge in [0.05, 0.1) is 30.0 Å². The van der Waals surface area contributed by atoms with Crippen LogP contribution in [0.3, 0.4) is 0 Å². The average Bonchev–Trinajstić information content (AvgIpc) is 3.11. The fraction of sp³-hybridized carbons (Fsp3) is 0.467. The molecule has 0 saturated heterocycles. The van der Waals surface area contributed by atoms with E-state index in [0.29, 0.717) is 23.7 Å². The molecule has 2 aromatic heterocycles. The zero-order valence-electron chi connectivity index (χ0n) is 12.2. The number of nitrogens with two attached hydrogens (primary N) is 1. The molecule has 1 saturated carbocycles. The normalized spacial score (nSPS) is 23.6. The van der Waals surface area contributed by atoms with E-state index in [2.05, 4.69) is 29.4 Å². The highest BCUT2D eigenvalue weighted by molar-refractivity contribution is 5.99. The molecule has 3 rings (SSSR count). The number of nitrogens with one attached hydrogen (secondary N) is 2. The fourth-order valence-electron chi connectivity index (χ4n) is 2.98. The van der Waals surface area contributed by atoms with Crippen LogP contribution in [0.25, 0.3) is 11.3 Å². The lowest BCUT2D eigenvalue weighted by atomic mass is 9.58. The number of amides is 1. The molecule has 0 bridgehead atoms. The van der Waals surface area contributed by atoms with Crippen molar-refractivity contribution in [1.82, 2.24) is 15.5 Å². The summed E-state index contributed by atoms with van der Waals surface area (Å²) < 4.78 is 5.05. The SMILES string of the molecule is CC1(C)C(CN)CC1NC(=O)c1cn[nH]c1-c1ccoc1. The largest absolute Gasteiger partial charge is 0.472 e. The molecule has 0 aliphatic heterocycles. The molecule has 112 valence electrons. The maximum Gasteiger partial charge on any atom is 0.255 e. The maximum atomic E-state index is 12.5. The third-order valence-electron chi connectivity index (χ3n) is 4.75. The van der Waals surface area contributed by atoms with Crippen LogP contribution in [0.1, 0.15) is 30.6 Å². The Morgan fingerprint density at radius 1 is 1.62 bits per heavy atom. The van der Waals surface area contributed by atoms with Gasteiger partial charge in [0.25, 0.3) is 5.91 Å². The Hall–Kier alpha value is -2.08. The number of carbonyl (C=O) groups excluding carboxylic acids is 1. The second kappa shape index (κ2) is 5.04. The number of furan rings is 1. The number of aromatic nitrogens is 2. The van der Waals surface area contributed by atoms with Crippen molar-refractivity contribution in [3.05, 3.63) is 30.4 Å². The first-order valence-corrected chi connectivity index (χ1v) is 7.11. The molecule has 1 amide bonds. The van der Waals surface area contributed by atoms with Gasteiger partial charge in [0.15, 0.2) is 0 Å². The van der Waals surface area contributed by atoms with Crippen LogP contribution in [-0.2, 0) is 0 Å². The summed E-state index contributed by atoms with van der Waals surface area (Å²) in [5.41, 5.74) is 7.80. The van der Waals surface area contributed by atoms with Crippen LogP contribution in [0.15, 0.2) is 29.2 Å². The summed E-state index contributed by atoms with van der Waals surface area (Å²) in [7, 11) is 0. The molecular formula is C15H20N4O2. The van der Waals surface area contributed by atoms with Gasteiger partial charge < -0.3 is 15.5 Å². The molecule has 0 spiro atoms. The van der Waals surface area contributed by atoms with E-state index in [4.69, 9.17) is 10.2 Å². The van der Waals surface area contributed by atoms with Crippen LogP contribution in [0.5, 0.6) is 0 Å². The van der Waals surface area contributed by atoms with E-state index in [1.807, 2.05) is 0 Å². The van der Waals surface area contributed by atoms with Crippen molar-refractivity contribution >= 4 is 5.91 Å². The topological polar surface area (TPSA) is 96.9 Å². The molecule has 6 heteroatoms. The molecule has 21 heavy (non-hydrogen) atoms. The van der Waals surface area contributed by atoms with E-state index in [0.717, 1.165) is 12.0 Å². The van der Waals surface area contributed by atoms with Gasteiger partial charge >= 0.3 is 0 Å². The van der Waals surface area contributed by atoms with E-state index in [1.165, 1.54) is 0 Å². The van der Waals surface area contributed by atoms with Gasteiger partial charge in [0.2, 0.25) is 0 Å². The number of nitrogens with zero attached hydrogens (tertiary/aromatic N) is 1. The Kier molecular flexibility index (Phi) is 3.33. The van der Waals surface area contributed by atoms with Crippen molar-refractivity contribution < 1.29 is 9.21 Å². The Labute approximate surface area is 123 Å². The Morgan fingerprint density at radius 2 is 2.43 bits per heavy atom. The Morgan fingerprint density at radius 3 is 3.05 bits per heavy atom. The predicted molar refractivity (Wildman–Crippen MR) is 78.5 cm³/mol. The summed E-state index contributed by atoms with van der Waals surface area (Å²) >= 11 is 0.